The number of benzene rings is 2. The van der Waals surface area contributed by atoms with Crippen molar-refractivity contribution >= 4 is 32.6 Å². The number of H-pyrrole nitrogens is 1. The van der Waals surface area contributed by atoms with Gasteiger partial charge in [0, 0.05) is 4.43 Å². The number of alkyl halides is 1. The number of nitrogens with two attached hydrogens (primary N) is 1. The van der Waals surface area contributed by atoms with Crippen LogP contribution in [0.25, 0.3) is 22.5 Å². The lowest BCUT2D eigenvalue weighted by atomic mass is 9.79. The average molecular weight is 621 g/mol. The minimum atomic E-state index is -4.04. The van der Waals surface area contributed by atoms with Crippen LogP contribution in [0, 0.1) is 11.8 Å². The fourth-order valence-electron chi connectivity index (χ4n) is 5.83. The van der Waals surface area contributed by atoms with Crippen LogP contribution in [0.1, 0.15) is 55.6 Å². The maximum atomic E-state index is 13.0. The van der Waals surface area contributed by atoms with Crippen molar-refractivity contribution in [3.63, 3.8) is 0 Å². The Morgan fingerprint density at radius 2 is 1.64 bits per heavy atom. The second-order valence-electron chi connectivity index (χ2n) is 10.1. The number of primary sulfonamides is 1. The number of halogens is 1. The third-order valence-corrected chi connectivity index (χ3v) is 10.1. The number of rotatable bonds is 7. The molecule has 0 amide bonds. The Hall–Kier alpha value is -1.89. The van der Waals surface area contributed by atoms with E-state index in [4.69, 9.17) is 5.14 Å². The molecule has 1 aromatic heterocycles. The number of aromatic nitrogens is 4. The van der Waals surface area contributed by atoms with Gasteiger partial charge in [0.1, 0.15) is 0 Å². The second kappa shape index (κ2) is 11.2. The molecule has 36 heavy (non-hydrogen) atoms. The fraction of sp³-hybridized carbons (Fsp3) is 0.500. The largest absolute Gasteiger partial charge is 0.317 e. The van der Waals surface area contributed by atoms with Gasteiger partial charge in [-0.05, 0) is 103 Å². The van der Waals surface area contributed by atoms with Gasteiger partial charge in [0.25, 0.3) is 0 Å². The minimum Gasteiger partial charge on any atom is -0.317 e. The molecule has 192 valence electrons. The van der Waals surface area contributed by atoms with Crippen LogP contribution in [-0.2, 0) is 16.4 Å². The molecule has 2 aliphatic rings. The molecule has 2 heterocycles. The molecule has 3 aromatic rings. The van der Waals surface area contributed by atoms with Gasteiger partial charge in [-0.2, -0.15) is 5.21 Å². The number of tetrazole rings is 1. The van der Waals surface area contributed by atoms with Crippen molar-refractivity contribution in [2.75, 3.05) is 17.5 Å². The molecule has 0 unspecified atom stereocenters. The van der Waals surface area contributed by atoms with Crippen LogP contribution in [0.15, 0.2) is 41.3 Å². The van der Waals surface area contributed by atoms with Crippen LogP contribution >= 0.6 is 22.6 Å². The van der Waals surface area contributed by atoms with Gasteiger partial charge in [-0.1, -0.05) is 59.0 Å². The van der Waals surface area contributed by atoms with Crippen molar-refractivity contribution in [1.29, 1.82) is 0 Å². The summed E-state index contributed by atoms with van der Waals surface area (Å²) in [7, 11) is -4.04. The summed E-state index contributed by atoms with van der Waals surface area (Å²) < 4.78 is 27.3. The van der Waals surface area contributed by atoms with Gasteiger partial charge in [0.2, 0.25) is 15.8 Å². The van der Waals surface area contributed by atoms with Crippen molar-refractivity contribution in [1.82, 2.24) is 25.9 Å². The Bertz CT molecular complexity index is 1270. The predicted molar refractivity (Wildman–Crippen MR) is 149 cm³/mol. The average Bonchev–Trinajstić information content (AvgIpc) is 3.44. The summed E-state index contributed by atoms with van der Waals surface area (Å²) in [6, 6.07) is 12.4. The quantitative estimate of drug-likeness (QED) is 0.265. The molecule has 2 fully saturated rings. The summed E-state index contributed by atoms with van der Waals surface area (Å²) in [4.78, 5) is 0.125. The van der Waals surface area contributed by atoms with Crippen molar-refractivity contribution in [2.45, 2.75) is 55.8 Å². The van der Waals surface area contributed by atoms with Gasteiger partial charge >= 0.3 is 0 Å². The van der Waals surface area contributed by atoms with E-state index in [2.05, 4.69) is 72.8 Å². The van der Waals surface area contributed by atoms with Crippen LogP contribution < -0.4 is 10.5 Å². The normalized spacial score (nSPS) is 21.5. The lowest BCUT2D eigenvalue weighted by Crippen LogP contribution is -2.26. The zero-order chi connectivity index (χ0) is 25.1. The maximum absolute atomic E-state index is 13.0. The second-order valence-corrected chi connectivity index (χ2v) is 12.5. The highest BCUT2D eigenvalue weighted by Crippen LogP contribution is 2.40. The van der Waals surface area contributed by atoms with Crippen molar-refractivity contribution in [3.8, 4) is 22.5 Å². The first kappa shape index (κ1) is 25.7. The summed E-state index contributed by atoms with van der Waals surface area (Å²) in [5.41, 5.74) is 4.14. The van der Waals surface area contributed by atoms with E-state index in [1.165, 1.54) is 22.8 Å². The maximum Gasteiger partial charge on any atom is 0.239 e. The van der Waals surface area contributed by atoms with Gasteiger partial charge in [-0.25, -0.2) is 13.6 Å². The van der Waals surface area contributed by atoms with Crippen molar-refractivity contribution in [2.24, 2.45) is 17.0 Å². The first-order chi connectivity index (χ1) is 17.4. The number of piperidine rings is 1. The topological polar surface area (TPSA) is 127 Å². The van der Waals surface area contributed by atoms with Gasteiger partial charge in [0.15, 0.2) is 0 Å². The third-order valence-electron chi connectivity index (χ3n) is 7.82. The summed E-state index contributed by atoms with van der Waals surface area (Å²) in [5.74, 6) is 2.00. The van der Waals surface area contributed by atoms with Gasteiger partial charge in [-0.15, -0.1) is 10.2 Å². The van der Waals surface area contributed by atoms with E-state index < -0.39 is 10.0 Å². The predicted octanol–water partition coefficient (Wildman–Crippen LogP) is 4.43. The van der Waals surface area contributed by atoms with E-state index in [1.54, 1.807) is 0 Å². The molecule has 0 bridgehead atoms. The Kier molecular flexibility index (Phi) is 8.04. The number of nitrogens with one attached hydrogen (secondary N) is 2. The molecule has 1 saturated heterocycles. The summed E-state index contributed by atoms with van der Waals surface area (Å²) >= 11 is 2.47. The van der Waals surface area contributed by atoms with Crippen molar-refractivity contribution in [3.05, 3.63) is 47.5 Å². The first-order valence-electron chi connectivity index (χ1n) is 12.7. The monoisotopic (exact) mass is 620 g/mol. The van der Waals surface area contributed by atoms with Crippen LogP contribution in [0.2, 0.25) is 0 Å². The summed E-state index contributed by atoms with van der Waals surface area (Å²) in [5, 5.41) is 23.8. The van der Waals surface area contributed by atoms with E-state index in [9.17, 15) is 8.42 Å². The molecule has 1 aliphatic carbocycles. The minimum absolute atomic E-state index is 0.125. The highest BCUT2D eigenvalue weighted by atomic mass is 127. The molecule has 1 saturated carbocycles. The number of aromatic amines is 1. The van der Waals surface area contributed by atoms with E-state index >= 15 is 0 Å². The molecule has 0 spiro atoms. The van der Waals surface area contributed by atoms with Gasteiger partial charge in [-0.3, -0.25) is 0 Å². The molecule has 0 radical (unpaired) electrons. The van der Waals surface area contributed by atoms with E-state index in [0.29, 0.717) is 23.8 Å². The van der Waals surface area contributed by atoms with Gasteiger partial charge < -0.3 is 5.32 Å². The zero-order valence-electron chi connectivity index (χ0n) is 20.3. The molecule has 0 atom stereocenters. The third kappa shape index (κ3) is 5.66. The number of hydrogen-bond acceptors (Lipinski definition) is 6. The van der Waals surface area contributed by atoms with Crippen LogP contribution in [0.5, 0.6) is 0 Å². The van der Waals surface area contributed by atoms with E-state index in [0.717, 1.165) is 61.4 Å². The van der Waals surface area contributed by atoms with E-state index in [-0.39, 0.29) is 10.7 Å². The Labute approximate surface area is 226 Å². The van der Waals surface area contributed by atoms with Crippen LogP contribution in [0.4, 0.5) is 0 Å². The first-order valence-corrected chi connectivity index (χ1v) is 15.8. The standard InChI is InChI=1S/C26H33IN6O2S/c27-16-18-3-1-17(2-4-18)15-22-9-10-23(24(25(22)36(28,34)35)26-30-32-33-31-26)21-7-5-19(6-8-21)20-11-13-29-14-12-20/h5-10,17-18,20,29H,1-4,11-16H2,(H2,28,34,35)(H,30,31,32,33). The highest BCUT2D eigenvalue weighted by Gasteiger charge is 2.29. The molecule has 5 rings (SSSR count). The Morgan fingerprint density at radius 1 is 0.944 bits per heavy atom. The molecule has 2 aromatic carbocycles. The molecular weight excluding hydrogens is 587 g/mol. The lowest BCUT2D eigenvalue weighted by Gasteiger charge is -2.28. The Balaban J connectivity index is 1.55. The SMILES string of the molecule is NS(=O)(=O)c1c(CC2CCC(CI)CC2)ccc(-c2ccc(C3CCNCC3)cc2)c1-c1nn[nH]n1. The zero-order valence-corrected chi connectivity index (χ0v) is 23.3. The summed E-state index contributed by atoms with van der Waals surface area (Å²) in [6.45, 7) is 2.07. The molecule has 1 aliphatic heterocycles. The molecular formula is C26H33IN6O2S. The summed E-state index contributed by atoms with van der Waals surface area (Å²) in [6.07, 6.45) is 7.52. The highest BCUT2D eigenvalue weighted by molar-refractivity contribution is 14.1. The molecule has 4 N–H and O–H groups in total. The molecule has 8 nitrogen and oxygen atoms in total. The lowest BCUT2D eigenvalue weighted by molar-refractivity contribution is 0.293. The molecule has 10 heteroatoms. The fourth-order valence-corrected chi connectivity index (χ4v) is 7.72. The van der Waals surface area contributed by atoms with Gasteiger partial charge in [0.05, 0.1) is 10.5 Å². The number of nitrogens with zero attached hydrogens (tertiary/aromatic N) is 3. The number of sulfonamides is 1. The van der Waals surface area contributed by atoms with Crippen molar-refractivity contribution < 1.29 is 8.42 Å². The Morgan fingerprint density at radius 3 is 2.25 bits per heavy atom. The smallest absolute Gasteiger partial charge is 0.239 e. The van der Waals surface area contributed by atoms with Crippen LogP contribution in [0.3, 0.4) is 0 Å². The van der Waals surface area contributed by atoms with Crippen LogP contribution in [-0.4, -0.2) is 46.6 Å². The van der Waals surface area contributed by atoms with E-state index in [1.807, 2.05) is 12.1 Å². The number of hydrogen-bond donors (Lipinski definition) is 3.